The molecule has 1 aromatic carbocycles. The highest BCUT2D eigenvalue weighted by molar-refractivity contribution is 6.00. The van der Waals surface area contributed by atoms with Gasteiger partial charge in [0.15, 0.2) is 0 Å². The van der Waals surface area contributed by atoms with Crippen LogP contribution in [0.25, 0.3) is 0 Å². The average Bonchev–Trinajstić information content (AvgIpc) is 2.93. The van der Waals surface area contributed by atoms with Gasteiger partial charge in [0, 0.05) is 51.5 Å². The van der Waals surface area contributed by atoms with Gasteiger partial charge in [0.05, 0.1) is 5.92 Å². The first-order valence-corrected chi connectivity index (χ1v) is 7.96. The Labute approximate surface area is 141 Å². The summed E-state index contributed by atoms with van der Waals surface area (Å²) in [6.07, 6.45) is 0.959. The lowest BCUT2D eigenvalue weighted by Gasteiger charge is -2.17. The first-order chi connectivity index (χ1) is 11.5. The Morgan fingerprint density at radius 1 is 1.29 bits per heavy atom. The molecule has 1 aromatic rings. The van der Waals surface area contributed by atoms with Gasteiger partial charge in [0.2, 0.25) is 17.7 Å². The first kappa shape index (κ1) is 17.9. The molecule has 0 radical (unpaired) electrons. The summed E-state index contributed by atoms with van der Waals surface area (Å²) in [4.78, 5) is 36.9. The predicted molar refractivity (Wildman–Crippen MR) is 90.7 cm³/mol. The topological polar surface area (TPSA) is 87.7 Å². The molecule has 1 unspecified atom stereocenters. The van der Waals surface area contributed by atoms with E-state index >= 15 is 0 Å². The molecule has 2 rings (SSSR count). The van der Waals surface area contributed by atoms with Crippen LogP contribution in [0.15, 0.2) is 24.3 Å². The molecule has 7 nitrogen and oxygen atoms in total. The van der Waals surface area contributed by atoms with Gasteiger partial charge < -0.3 is 20.3 Å². The first-order valence-electron chi connectivity index (χ1n) is 7.96. The Kier molecular flexibility index (Phi) is 6.31. The van der Waals surface area contributed by atoms with E-state index in [9.17, 15) is 14.4 Å². The Bertz CT molecular complexity index is 600. The Morgan fingerprint density at radius 3 is 2.62 bits per heavy atom. The number of carbonyl (C=O) groups is 3. The summed E-state index contributed by atoms with van der Waals surface area (Å²) in [5.74, 6) is -0.656. The van der Waals surface area contributed by atoms with Crippen molar-refractivity contribution in [3.63, 3.8) is 0 Å². The van der Waals surface area contributed by atoms with E-state index in [1.54, 1.807) is 36.3 Å². The van der Waals surface area contributed by atoms with Gasteiger partial charge in [-0.05, 0) is 30.7 Å². The summed E-state index contributed by atoms with van der Waals surface area (Å²) in [7, 11) is 1.62. The van der Waals surface area contributed by atoms with Crippen LogP contribution >= 0.6 is 0 Å². The van der Waals surface area contributed by atoms with Crippen LogP contribution in [0.5, 0.6) is 0 Å². The van der Waals surface area contributed by atoms with Crippen molar-refractivity contribution in [3.05, 3.63) is 24.3 Å². The lowest BCUT2D eigenvalue weighted by molar-refractivity contribution is -0.126. The van der Waals surface area contributed by atoms with Gasteiger partial charge in [0.1, 0.15) is 0 Å². The van der Waals surface area contributed by atoms with Gasteiger partial charge in [-0.3, -0.25) is 14.4 Å². The molecule has 3 amide bonds. The summed E-state index contributed by atoms with van der Waals surface area (Å²) < 4.78 is 4.93. The number of methoxy groups -OCH3 is 1. The van der Waals surface area contributed by atoms with Crippen LogP contribution < -0.4 is 15.5 Å². The van der Waals surface area contributed by atoms with Crippen LogP contribution in [-0.2, 0) is 19.1 Å². The second kappa shape index (κ2) is 8.44. The van der Waals surface area contributed by atoms with Crippen molar-refractivity contribution in [2.45, 2.75) is 19.8 Å². The molecular weight excluding hydrogens is 310 g/mol. The number of nitrogens with one attached hydrogen (secondary N) is 2. The number of hydrogen-bond donors (Lipinski definition) is 2. The molecule has 7 heteroatoms. The SMILES string of the molecule is COCCCNC(=O)C1CC(=O)N(c2ccc(NC(C)=O)cc2)C1. The molecule has 0 aromatic heterocycles. The lowest BCUT2D eigenvalue weighted by atomic mass is 10.1. The van der Waals surface area contributed by atoms with Crippen molar-refractivity contribution in [1.82, 2.24) is 5.32 Å². The number of hydrogen-bond acceptors (Lipinski definition) is 4. The fourth-order valence-corrected chi connectivity index (χ4v) is 2.63. The normalized spacial score (nSPS) is 17.0. The largest absolute Gasteiger partial charge is 0.385 e. The maximum Gasteiger partial charge on any atom is 0.227 e. The van der Waals surface area contributed by atoms with Gasteiger partial charge in [0.25, 0.3) is 0 Å². The van der Waals surface area contributed by atoms with Gasteiger partial charge in [-0.25, -0.2) is 0 Å². The van der Waals surface area contributed by atoms with Gasteiger partial charge in [-0.2, -0.15) is 0 Å². The van der Waals surface area contributed by atoms with E-state index < -0.39 is 0 Å². The maximum absolute atomic E-state index is 12.2. The van der Waals surface area contributed by atoms with E-state index in [0.717, 1.165) is 12.1 Å². The Hall–Kier alpha value is -2.41. The molecular formula is C17H23N3O4. The van der Waals surface area contributed by atoms with Crippen LogP contribution in [0.3, 0.4) is 0 Å². The smallest absolute Gasteiger partial charge is 0.227 e. The number of ether oxygens (including phenoxy) is 1. The number of rotatable bonds is 7. The third-order valence-corrected chi connectivity index (χ3v) is 3.82. The number of nitrogens with zero attached hydrogens (tertiary/aromatic N) is 1. The zero-order valence-corrected chi connectivity index (χ0v) is 14.0. The molecule has 1 saturated heterocycles. The molecule has 1 aliphatic rings. The molecule has 1 aliphatic heterocycles. The molecule has 24 heavy (non-hydrogen) atoms. The number of benzene rings is 1. The minimum Gasteiger partial charge on any atom is -0.385 e. The second-order valence-corrected chi connectivity index (χ2v) is 5.77. The summed E-state index contributed by atoms with van der Waals surface area (Å²) >= 11 is 0. The zero-order chi connectivity index (χ0) is 17.5. The monoisotopic (exact) mass is 333 g/mol. The van der Waals surface area contributed by atoms with Gasteiger partial charge in [-0.1, -0.05) is 0 Å². The van der Waals surface area contributed by atoms with Crippen LogP contribution in [0.1, 0.15) is 19.8 Å². The number of carbonyl (C=O) groups excluding carboxylic acids is 3. The Balaban J connectivity index is 1.92. The third-order valence-electron chi connectivity index (χ3n) is 3.82. The second-order valence-electron chi connectivity index (χ2n) is 5.77. The van der Waals surface area contributed by atoms with Gasteiger partial charge >= 0.3 is 0 Å². The van der Waals surface area contributed by atoms with Crippen molar-refractivity contribution in [1.29, 1.82) is 0 Å². The van der Waals surface area contributed by atoms with Crippen molar-refractivity contribution in [3.8, 4) is 0 Å². The minimum absolute atomic E-state index is 0.0701. The lowest BCUT2D eigenvalue weighted by Crippen LogP contribution is -2.33. The van der Waals surface area contributed by atoms with E-state index in [1.165, 1.54) is 6.92 Å². The van der Waals surface area contributed by atoms with Crippen molar-refractivity contribution in [2.75, 3.05) is 37.0 Å². The standard InChI is InChI=1S/C17H23N3O4/c1-12(21)19-14-4-6-15(7-5-14)20-11-13(10-16(20)22)17(23)18-8-3-9-24-2/h4-7,13H,3,8-11H2,1-2H3,(H,18,23)(H,19,21). The van der Waals surface area contributed by atoms with Crippen molar-refractivity contribution < 1.29 is 19.1 Å². The highest BCUT2D eigenvalue weighted by Gasteiger charge is 2.34. The molecule has 0 aliphatic carbocycles. The van der Waals surface area contributed by atoms with Crippen LogP contribution in [-0.4, -0.2) is 44.5 Å². The van der Waals surface area contributed by atoms with E-state index in [-0.39, 0.29) is 30.1 Å². The highest BCUT2D eigenvalue weighted by atomic mass is 16.5. The van der Waals surface area contributed by atoms with Crippen LogP contribution in [0.4, 0.5) is 11.4 Å². The van der Waals surface area contributed by atoms with Crippen LogP contribution in [0.2, 0.25) is 0 Å². The fourth-order valence-electron chi connectivity index (χ4n) is 2.63. The molecule has 1 atom stereocenters. The van der Waals surface area contributed by atoms with E-state index in [2.05, 4.69) is 10.6 Å². The predicted octanol–water partition coefficient (Wildman–Crippen LogP) is 1.15. The zero-order valence-electron chi connectivity index (χ0n) is 14.0. The molecule has 1 fully saturated rings. The van der Waals surface area contributed by atoms with E-state index in [1.807, 2.05) is 0 Å². The molecule has 0 spiro atoms. The van der Waals surface area contributed by atoms with Crippen molar-refractivity contribution >= 4 is 29.1 Å². The molecule has 0 saturated carbocycles. The Morgan fingerprint density at radius 2 is 2.00 bits per heavy atom. The molecule has 1 heterocycles. The average molecular weight is 333 g/mol. The quantitative estimate of drug-likeness (QED) is 0.733. The summed E-state index contributed by atoms with van der Waals surface area (Å²) in [6, 6.07) is 7.01. The van der Waals surface area contributed by atoms with Crippen LogP contribution in [0, 0.1) is 5.92 Å². The van der Waals surface area contributed by atoms with E-state index in [0.29, 0.717) is 25.4 Å². The third kappa shape index (κ3) is 4.79. The van der Waals surface area contributed by atoms with Gasteiger partial charge in [-0.15, -0.1) is 0 Å². The highest BCUT2D eigenvalue weighted by Crippen LogP contribution is 2.26. The summed E-state index contributed by atoms with van der Waals surface area (Å²) in [6.45, 7) is 2.95. The molecule has 0 bridgehead atoms. The van der Waals surface area contributed by atoms with E-state index in [4.69, 9.17) is 4.74 Å². The fraction of sp³-hybridized carbons (Fsp3) is 0.471. The number of anilines is 2. The maximum atomic E-state index is 12.2. The minimum atomic E-state index is -0.338. The number of amides is 3. The van der Waals surface area contributed by atoms with Crippen molar-refractivity contribution in [2.24, 2.45) is 5.92 Å². The summed E-state index contributed by atoms with van der Waals surface area (Å²) in [5, 5.41) is 5.51. The summed E-state index contributed by atoms with van der Waals surface area (Å²) in [5.41, 5.74) is 1.40. The molecule has 130 valence electrons. The molecule has 2 N–H and O–H groups in total.